The van der Waals surface area contributed by atoms with Crippen molar-refractivity contribution in [2.75, 3.05) is 39.4 Å². The summed E-state index contributed by atoms with van der Waals surface area (Å²) in [5.74, 6) is 0.0446. The third-order valence-corrected chi connectivity index (χ3v) is 4.47. The summed E-state index contributed by atoms with van der Waals surface area (Å²) >= 11 is 0. The van der Waals surface area contributed by atoms with E-state index in [0.29, 0.717) is 11.6 Å². The van der Waals surface area contributed by atoms with Gasteiger partial charge in [0, 0.05) is 38.3 Å². The molecule has 1 aromatic rings. The van der Waals surface area contributed by atoms with Crippen molar-refractivity contribution in [3.8, 4) is 6.07 Å². The fourth-order valence-corrected chi connectivity index (χ4v) is 3.17. The summed E-state index contributed by atoms with van der Waals surface area (Å²) in [5, 5.41) is 8.90. The molecule has 120 valence electrons. The number of carbonyl (C=O) groups is 1. The molecular weight excluding hydrogens is 290 g/mol. The second-order valence-corrected chi connectivity index (χ2v) is 5.95. The fraction of sp³-hybridized carbons (Fsp3) is 0.444. The van der Waals surface area contributed by atoms with Crippen LogP contribution in [0.1, 0.15) is 17.5 Å². The van der Waals surface area contributed by atoms with E-state index in [1.54, 1.807) is 24.3 Å². The van der Waals surface area contributed by atoms with Gasteiger partial charge in [0.15, 0.2) is 0 Å². The Morgan fingerprint density at radius 2 is 2.13 bits per heavy atom. The molecule has 2 aliphatic heterocycles. The second-order valence-electron chi connectivity index (χ2n) is 5.95. The van der Waals surface area contributed by atoms with Gasteiger partial charge in [0.1, 0.15) is 0 Å². The molecular formula is C18H21N3O2. The first-order valence-electron chi connectivity index (χ1n) is 8.05. The Balaban J connectivity index is 1.56. The highest BCUT2D eigenvalue weighted by atomic mass is 16.5. The number of rotatable bonds is 3. The Hall–Kier alpha value is -2.16. The Kier molecular flexibility index (Phi) is 5.06. The monoisotopic (exact) mass is 311 g/mol. The van der Waals surface area contributed by atoms with Crippen molar-refractivity contribution in [3.63, 3.8) is 0 Å². The van der Waals surface area contributed by atoms with E-state index in [0.717, 1.165) is 51.4 Å². The lowest BCUT2D eigenvalue weighted by atomic mass is 10.1. The lowest BCUT2D eigenvalue weighted by Gasteiger charge is -2.31. The van der Waals surface area contributed by atoms with Crippen molar-refractivity contribution in [1.82, 2.24) is 9.80 Å². The van der Waals surface area contributed by atoms with Crippen LogP contribution in [0, 0.1) is 11.3 Å². The third-order valence-electron chi connectivity index (χ3n) is 4.47. The molecule has 3 rings (SSSR count). The van der Waals surface area contributed by atoms with Crippen LogP contribution in [0.4, 0.5) is 0 Å². The average molecular weight is 311 g/mol. The van der Waals surface area contributed by atoms with Gasteiger partial charge in [-0.25, -0.2) is 0 Å². The molecule has 1 atom stereocenters. The van der Waals surface area contributed by atoms with Gasteiger partial charge in [-0.3, -0.25) is 9.69 Å². The molecule has 1 aromatic carbocycles. The summed E-state index contributed by atoms with van der Waals surface area (Å²) < 4.78 is 5.38. The van der Waals surface area contributed by atoms with Crippen LogP contribution in [0.15, 0.2) is 30.3 Å². The van der Waals surface area contributed by atoms with Gasteiger partial charge in [-0.2, -0.15) is 5.26 Å². The zero-order valence-corrected chi connectivity index (χ0v) is 13.1. The van der Waals surface area contributed by atoms with Gasteiger partial charge in [0.05, 0.1) is 24.8 Å². The van der Waals surface area contributed by atoms with E-state index in [2.05, 4.69) is 11.0 Å². The standard InChI is InChI=1S/C18H21N3O2/c19-13-16-3-1-2-15(12-16)4-5-18(22)21-7-6-17(14-21)20-8-10-23-11-9-20/h1-5,12,17H,6-11,14H2/b5-4+. The van der Waals surface area contributed by atoms with Crippen LogP contribution in [-0.4, -0.2) is 61.1 Å². The fourth-order valence-electron chi connectivity index (χ4n) is 3.17. The maximum atomic E-state index is 12.3. The van der Waals surface area contributed by atoms with Crippen LogP contribution in [0.5, 0.6) is 0 Å². The summed E-state index contributed by atoms with van der Waals surface area (Å²) in [6, 6.07) is 9.82. The molecule has 2 saturated heterocycles. The van der Waals surface area contributed by atoms with Gasteiger partial charge in [-0.15, -0.1) is 0 Å². The minimum Gasteiger partial charge on any atom is -0.379 e. The largest absolute Gasteiger partial charge is 0.379 e. The predicted molar refractivity (Wildman–Crippen MR) is 87.6 cm³/mol. The highest BCUT2D eigenvalue weighted by Crippen LogP contribution is 2.17. The first-order chi connectivity index (χ1) is 11.3. The maximum Gasteiger partial charge on any atom is 0.246 e. The van der Waals surface area contributed by atoms with Crippen molar-refractivity contribution in [2.45, 2.75) is 12.5 Å². The highest BCUT2D eigenvalue weighted by molar-refractivity contribution is 5.92. The molecule has 5 nitrogen and oxygen atoms in total. The molecule has 0 aliphatic carbocycles. The summed E-state index contributed by atoms with van der Waals surface area (Å²) in [7, 11) is 0. The molecule has 2 aliphatic rings. The van der Waals surface area contributed by atoms with E-state index in [9.17, 15) is 4.79 Å². The molecule has 2 heterocycles. The normalized spacial score (nSPS) is 22.4. The van der Waals surface area contributed by atoms with Gasteiger partial charge in [0.2, 0.25) is 5.91 Å². The molecule has 1 unspecified atom stereocenters. The second kappa shape index (κ2) is 7.40. The Labute approximate surface area is 136 Å². The van der Waals surface area contributed by atoms with E-state index < -0.39 is 0 Å². The third kappa shape index (κ3) is 3.98. The number of nitriles is 1. The van der Waals surface area contributed by atoms with Crippen LogP contribution in [0.2, 0.25) is 0 Å². The Morgan fingerprint density at radius 3 is 2.91 bits per heavy atom. The van der Waals surface area contributed by atoms with E-state index in [1.807, 2.05) is 17.0 Å². The molecule has 5 heteroatoms. The molecule has 23 heavy (non-hydrogen) atoms. The number of carbonyl (C=O) groups excluding carboxylic acids is 1. The lowest BCUT2D eigenvalue weighted by Crippen LogP contribution is -2.45. The molecule has 0 N–H and O–H groups in total. The first kappa shape index (κ1) is 15.7. The van der Waals surface area contributed by atoms with Crippen LogP contribution in [-0.2, 0) is 9.53 Å². The van der Waals surface area contributed by atoms with Crippen LogP contribution in [0.3, 0.4) is 0 Å². The van der Waals surface area contributed by atoms with Crippen molar-refractivity contribution in [3.05, 3.63) is 41.5 Å². The topological polar surface area (TPSA) is 56.6 Å². The SMILES string of the molecule is N#Cc1cccc(/C=C/C(=O)N2CCC(N3CCOCC3)C2)c1. The lowest BCUT2D eigenvalue weighted by molar-refractivity contribution is -0.125. The van der Waals surface area contributed by atoms with Gasteiger partial charge in [-0.1, -0.05) is 12.1 Å². The number of nitrogens with zero attached hydrogens (tertiary/aromatic N) is 3. The van der Waals surface area contributed by atoms with Gasteiger partial charge in [-0.05, 0) is 30.2 Å². The van der Waals surface area contributed by atoms with Gasteiger partial charge in [0.25, 0.3) is 0 Å². The molecule has 0 saturated carbocycles. The van der Waals surface area contributed by atoms with Crippen LogP contribution >= 0.6 is 0 Å². The number of amides is 1. The molecule has 1 amide bonds. The zero-order chi connectivity index (χ0) is 16.1. The smallest absolute Gasteiger partial charge is 0.246 e. The maximum absolute atomic E-state index is 12.3. The Bertz CT molecular complexity index is 629. The van der Waals surface area contributed by atoms with Crippen molar-refractivity contribution >= 4 is 12.0 Å². The number of ether oxygens (including phenoxy) is 1. The predicted octanol–water partition coefficient (Wildman–Crippen LogP) is 1.50. The quantitative estimate of drug-likeness (QED) is 0.794. The molecule has 0 spiro atoms. The molecule has 0 radical (unpaired) electrons. The van der Waals surface area contributed by atoms with E-state index in [4.69, 9.17) is 10.00 Å². The minimum atomic E-state index is 0.0446. The summed E-state index contributed by atoms with van der Waals surface area (Å²) in [4.78, 5) is 16.7. The number of hydrogen-bond donors (Lipinski definition) is 0. The van der Waals surface area contributed by atoms with Crippen molar-refractivity contribution < 1.29 is 9.53 Å². The van der Waals surface area contributed by atoms with Crippen molar-refractivity contribution in [2.24, 2.45) is 0 Å². The number of likely N-dealkylation sites (tertiary alicyclic amines) is 1. The zero-order valence-electron chi connectivity index (χ0n) is 13.1. The summed E-state index contributed by atoms with van der Waals surface area (Å²) in [5.41, 5.74) is 1.48. The van der Waals surface area contributed by atoms with Gasteiger partial charge < -0.3 is 9.64 Å². The highest BCUT2D eigenvalue weighted by Gasteiger charge is 2.30. The van der Waals surface area contributed by atoms with E-state index in [-0.39, 0.29) is 5.91 Å². The number of morpholine rings is 1. The minimum absolute atomic E-state index is 0.0446. The summed E-state index contributed by atoms with van der Waals surface area (Å²) in [6.07, 6.45) is 4.42. The van der Waals surface area contributed by atoms with Crippen LogP contribution in [0.25, 0.3) is 6.08 Å². The number of benzene rings is 1. The van der Waals surface area contributed by atoms with Crippen molar-refractivity contribution in [1.29, 1.82) is 5.26 Å². The van der Waals surface area contributed by atoms with Crippen LogP contribution < -0.4 is 0 Å². The molecule has 0 aromatic heterocycles. The Morgan fingerprint density at radius 1 is 1.30 bits per heavy atom. The molecule has 0 bridgehead atoms. The first-order valence-corrected chi connectivity index (χ1v) is 8.05. The summed E-state index contributed by atoms with van der Waals surface area (Å²) in [6.45, 7) is 5.11. The van der Waals surface area contributed by atoms with Gasteiger partial charge >= 0.3 is 0 Å². The molecule has 2 fully saturated rings. The van der Waals surface area contributed by atoms with E-state index >= 15 is 0 Å². The number of hydrogen-bond acceptors (Lipinski definition) is 4. The van der Waals surface area contributed by atoms with E-state index in [1.165, 1.54) is 0 Å². The average Bonchev–Trinajstić information content (AvgIpc) is 3.11.